The smallest absolute Gasteiger partial charge is 0.0452 e. The van der Waals surface area contributed by atoms with E-state index in [0.29, 0.717) is 0 Å². The number of halogens is 2. The second kappa shape index (κ2) is 7.69. The van der Waals surface area contributed by atoms with Crippen molar-refractivity contribution < 1.29 is 0 Å². The van der Waals surface area contributed by atoms with Crippen LogP contribution in [0.5, 0.6) is 0 Å². The van der Waals surface area contributed by atoms with Gasteiger partial charge in [0, 0.05) is 28.8 Å². The first-order chi connectivity index (χ1) is 10.1. The molecule has 2 aromatic rings. The maximum Gasteiger partial charge on any atom is 0.0452 e. The van der Waals surface area contributed by atoms with Crippen molar-refractivity contribution >= 4 is 28.9 Å². The van der Waals surface area contributed by atoms with E-state index in [2.05, 4.69) is 24.0 Å². The van der Waals surface area contributed by atoms with Crippen molar-refractivity contribution in [3.8, 4) is 0 Å². The predicted molar refractivity (Wildman–Crippen MR) is 91.7 cm³/mol. The number of rotatable bonds is 6. The molecule has 2 nitrogen and oxygen atoms in total. The largest absolute Gasteiger partial charge is 0.399 e. The first-order valence-corrected chi connectivity index (χ1v) is 7.84. The maximum absolute atomic E-state index is 6.26. The SMILES string of the molecule is CCCN(Cc1ccc(N)cc1)Cc1cc(Cl)ccc1Cl. The lowest BCUT2D eigenvalue weighted by molar-refractivity contribution is 0.257. The number of hydrogen-bond donors (Lipinski definition) is 1. The first-order valence-electron chi connectivity index (χ1n) is 7.09. The van der Waals surface area contributed by atoms with Crippen LogP contribution in [0.25, 0.3) is 0 Å². The number of benzene rings is 2. The summed E-state index contributed by atoms with van der Waals surface area (Å²) in [7, 11) is 0. The van der Waals surface area contributed by atoms with E-state index in [9.17, 15) is 0 Å². The molecule has 2 aromatic carbocycles. The fourth-order valence-corrected chi connectivity index (χ4v) is 2.69. The van der Waals surface area contributed by atoms with Crippen LogP contribution in [0.15, 0.2) is 42.5 Å². The van der Waals surface area contributed by atoms with Gasteiger partial charge >= 0.3 is 0 Å². The van der Waals surface area contributed by atoms with Gasteiger partial charge in [-0.15, -0.1) is 0 Å². The Hall–Kier alpha value is -1.22. The average Bonchev–Trinajstić information content (AvgIpc) is 2.45. The third-order valence-electron chi connectivity index (χ3n) is 3.33. The van der Waals surface area contributed by atoms with Gasteiger partial charge in [0.25, 0.3) is 0 Å². The molecule has 0 spiro atoms. The summed E-state index contributed by atoms with van der Waals surface area (Å²) in [5, 5.41) is 1.48. The Morgan fingerprint density at radius 2 is 1.71 bits per heavy atom. The molecule has 0 amide bonds. The molecule has 0 heterocycles. The monoisotopic (exact) mass is 322 g/mol. The van der Waals surface area contributed by atoms with Gasteiger partial charge in [0.05, 0.1) is 0 Å². The van der Waals surface area contributed by atoms with Gasteiger partial charge in [0.1, 0.15) is 0 Å². The Morgan fingerprint density at radius 1 is 1.00 bits per heavy atom. The lowest BCUT2D eigenvalue weighted by Gasteiger charge is -2.22. The van der Waals surface area contributed by atoms with E-state index in [1.165, 1.54) is 5.56 Å². The Balaban J connectivity index is 2.11. The molecule has 0 saturated heterocycles. The highest BCUT2D eigenvalue weighted by atomic mass is 35.5. The van der Waals surface area contributed by atoms with Gasteiger partial charge in [-0.05, 0) is 54.4 Å². The minimum Gasteiger partial charge on any atom is -0.399 e. The molecule has 0 radical (unpaired) electrons. The standard InChI is InChI=1S/C17H20Cl2N2/c1-2-9-21(11-13-3-6-16(20)7-4-13)12-14-10-15(18)5-8-17(14)19/h3-8,10H,2,9,11-12,20H2,1H3. The fourth-order valence-electron chi connectivity index (χ4n) is 2.32. The normalized spacial score (nSPS) is 11.0. The quantitative estimate of drug-likeness (QED) is 0.759. The number of nitrogens with zero attached hydrogens (tertiary/aromatic N) is 1. The van der Waals surface area contributed by atoms with Gasteiger partial charge in [-0.1, -0.05) is 42.3 Å². The Kier molecular flexibility index (Phi) is 5.92. The van der Waals surface area contributed by atoms with Crippen LogP contribution < -0.4 is 5.73 Å². The van der Waals surface area contributed by atoms with Crippen LogP contribution in [-0.4, -0.2) is 11.4 Å². The van der Waals surface area contributed by atoms with Crippen molar-refractivity contribution in [1.82, 2.24) is 4.90 Å². The summed E-state index contributed by atoms with van der Waals surface area (Å²) in [5.74, 6) is 0. The van der Waals surface area contributed by atoms with Gasteiger partial charge in [0.2, 0.25) is 0 Å². The van der Waals surface area contributed by atoms with Crippen LogP contribution in [0.2, 0.25) is 10.0 Å². The molecule has 2 rings (SSSR count). The lowest BCUT2D eigenvalue weighted by atomic mass is 10.1. The molecule has 112 valence electrons. The van der Waals surface area contributed by atoms with Crippen LogP contribution in [0.1, 0.15) is 24.5 Å². The molecule has 0 aliphatic heterocycles. The van der Waals surface area contributed by atoms with Crippen molar-refractivity contribution in [2.45, 2.75) is 26.4 Å². The Labute approximate surface area is 136 Å². The van der Waals surface area contributed by atoms with E-state index >= 15 is 0 Å². The summed E-state index contributed by atoms with van der Waals surface area (Å²) in [5.41, 5.74) is 8.83. The van der Waals surface area contributed by atoms with E-state index in [-0.39, 0.29) is 0 Å². The van der Waals surface area contributed by atoms with E-state index in [1.54, 1.807) is 0 Å². The van der Waals surface area contributed by atoms with E-state index < -0.39 is 0 Å². The highest BCUT2D eigenvalue weighted by Crippen LogP contribution is 2.23. The molecule has 21 heavy (non-hydrogen) atoms. The molecule has 0 saturated carbocycles. The van der Waals surface area contributed by atoms with Crippen molar-refractivity contribution in [1.29, 1.82) is 0 Å². The summed E-state index contributed by atoms with van der Waals surface area (Å²) >= 11 is 12.3. The molecule has 0 aliphatic carbocycles. The third kappa shape index (κ3) is 4.92. The molecule has 0 atom stereocenters. The highest BCUT2D eigenvalue weighted by Gasteiger charge is 2.09. The summed E-state index contributed by atoms with van der Waals surface area (Å²) in [6.07, 6.45) is 1.09. The van der Waals surface area contributed by atoms with Gasteiger partial charge < -0.3 is 5.73 Å². The van der Waals surface area contributed by atoms with Crippen molar-refractivity contribution in [2.75, 3.05) is 12.3 Å². The number of hydrogen-bond acceptors (Lipinski definition) is 2. The molecular formula is C17H20Cl2N2. The number of nitrogens with two attached hydrogens (primary N) is 1. The molecule has 2 N–H and O–H groups in total. The molecule has 0 aromatic heterocycles. The molecule has 0 bridgehead atoms. The van der Waals surface area contributed by atoms with Gasteiger partial charge in [-0.2, -0.15) is 0 Å². The molecule has 0 aliphatic rings. The third-order valence-corrected chi connectivity index (χ3v) is 3.93. The van der Waals surface area contributed by atoms with Crippen LogP contribution in [0.4, 0.5) is 5.69 Å². The topological polar surface area (TPSA) is 29.3 Å². The van der Waals surface area contributed by atoms with E-state index in [1.807, 2.05) is 30.3 Å². The average molecular weight is 323 g/mol. The molecule has 0 fully saturated rings. The second-order valence-electron chi connectivity index (χ2n) is 5.19. The zero-order valence-electron chi connectivity index (χ0n) is 12.2. The molecular weight excluding hydrogens is 303 g/mol. The van der Waals surface area contributed by atoms with Gasteiger partial charge in [-0.3, -0.25) is 4.90 Å². The first kappa shape index (κ1) is 16.2. The molecule has 0 unspecified atom stereocenters. The zero-order valence-corrected chi connectivity index (χ0v) is 13.7. The Bertz CT molecular complexity index is 582. The van der Waals surface area contributed by atoms with Crippen molar-refractivity contribution in [2.24, 2.45) is 0 Å². The summed E-state index contributed by atoms with van der Waals surface area (Å²) in [6, 6.07) is 13.6. The number of anilines is 1. The predicted octanol–water partition coefficient (Wildman–Crippen LogP) is 4.99. The van der Waals surface area contributed by atoms with Gasteiger partial charge in [-0.25, -0.2) is 0 Å². The van der Waals surface area contributed by atoms with Crippen LogP contribution in [-0.2, 0) is 13.1 Å². The number of nitrogen functional groups attached to an aromatic ring is 1. The minimum atomic E-state index is 0.721. The zero-order chi connectivity index (χ0) is 15.2. The fraction of sp³-hybridized carbons (Fsp3) is 0.294. The van der Waals surface area contributed by atoms with Crippen LogP contribution >= 0.6 is 23.2 Å². The van der Waals surface area contributed by atoms with Crippen LogP contribution in [0, 0.1) is 0 Å². The van der Waals surface area contributed by atoms with Crippen molar-refractivity contribution in [3.05, 3.63) is 63.6 Å². The minimum absolute atomic E-state index is 0.721. The van der Waals surface area contributed by atoms with Gasteiger partial charge in [0.15, 0.2) is 0 Å². The van der Waals surface area contributed by atoms with E-state index in [0.717, 1.165) is 47.4 Å². The van der Waals surface area contributed by atoms with E-state index in [4.69, 9.17) is 28.9 Å². The molecule has 4 heteroatoms. The maximum atomic E-state index is 6.26. The second-order valence-corrected chi connectivity index (χ2v) is 6.03. The van der Waals surface area contributed by atoms with Crippen LogP contribution in [0.3, 0.4) is 0 Å². The highest BCUT2D eigenvalue weighted by molar-refractivity contribution is 6.33. The Morgan fingerprint density at radius 3 is 2.38 bits per heavy atom. The summed E-state index contributed by atoms with van der Waals surface area (Å²) in [6.45, 7) is 4.84. The summed E-state index contributed by atoms with van der Waals surface area (Å²) < 4.78 is 0. The van der Waals surface area contributed by atoms with Crippen molar-refractivity contribution in [3.63, 3.8) is 0 Å². The summed E-state index contributed by atoms with van der Waals surface area (Å²) in [4.78, 5) is 2.36. The lowest BCUT2D eigenvalue weighted by Crippen LogP contribution is -2.23.